The molecule has 0 radical (unpaired) electrons. The maximum atomic E-state index is 5.63. The van der Waals surface area contributed by atoms with Gasteiger partial charge in [0.1, 0.15) is 0 Å². The number of hydrogen-bond acceptors (Lipinski definition) is 4. The zero-order valence-electron chi connectivity index (χ0n) is 11.6. The molecule has 106 valence electrons. The number of methoxy groups -OCH3 is 1. The number of nitrogens with one attached hydrogen (secondary N) is 1. The summed E-state index contributed by atoms with van der Waals surface area (Å²) in [7, 11) is 1.68. The van der Waals surface area contributed by atoms with E-state index in [9.17, 15) is 0 Å². The van der Waals surface area contributed by atoms with Gasteiger partial charge in [-0.15, -0.1) is 0 Å². The van der Waals surface area contributed by atoms with E-state index in [0.717, 1.165) is 19.4 Å². The van der Waals surface area contributed by atoms with Gasteiger partial charge in [0.25, 0.3) is 0 Å². The normalized spacial score (nSPS) is 18.7. The van der Waals surface area contributed by atoms with Gasteiger partial charge in [0, 0.05) is 19.8 Å². The molecule has 0 aliphatic heterocycles. The summed E-state index contributed by atoms with van der Waals surface area (Å²) < 4.78 is 10.4. The lowest BCUT2D eigenvalue weighted by Crippen LogP contribution is -2.38. The van der Waals surface area contributed by atoms with Crippen LogP contribution in [0.4, 0.5) is 0 Å². The minimum atomic E-state index is 0.320. The van der Waals surface area contributed by atoms with Gasteiger partial charge in [0.2, 0.25) is 0 Å². The second-order valence-electron chi connectivity index (χ2n) is 5.09. The molecule has 1 aromatic rings. The molecule has 2 unspecified atom stereocenters. The SMILES string of the molecule is COCCOCCC(CC1Cc2ccccc21)NN. The van der Waals surface area contributed by atoms with Gasteiger partial charge in [-0.05, 0) is 36.3 Å². The second-order valence-corrected chi connectivity index (χ2v) is 5.09. The fraction of sp³-hybridized carbons (Fsp3) is 0.600. The average molecular weight is 264 g/mol. The number of hydrazine groups is 1. The third-order valence-corrected chi connectivity index (χ3v) is 3.81. The molecule has 1 aliphatic rings. The lowest BCUT2D eigenvalue weighted by molar-refractivity contribution is 0.0650. The Morgan fingerprint density at radius 1 is 1.32 bits per heavy atom. The summed E-state index contributed by atoms with van der Waals surface area (Å²) in [6.07, 6.45) is 3.21. The van der Waals surface area contributed by atoms with Gasteiger partial charge in [0.15, 0.2) is 0 Å². The van der Waals surface area contributed by atoms with E-state index in [1.165, 1.54) is 17.5 Å². The number of nitrogens with two attached hydrogens (primary N) is 1. The first-order valence-electron chi connectivity index (χ1n) is 6.95. The van der Waals surface area contributed by atoms with E-state index in [2.05, 4.69) is 29.7 Å². The summed E-state index contributed by atoms with van der Waals surface area (Å²) >= 11 is 0. The zero-order chi connectivity index (χ0) is 13.5. The summed E-state index contributed by atoms with van der Waals surface area (Å²) in [6.45, 7) is 2.03. The van der Waals surface area contributed by atoms with Crippen LogP contribution in [0.25, 0.3) is 0 Å². The maximum Gasteiger partial charge on any atom is 0.0700 e. The van der Waals surface area contributed by atoms with Crippen molar-refractivity contribution in [2.45, 2.75) is 31.2 Å². The molecule has 0 fully saturated rings. The van der Waals surface area contributed by atoms with Gasteiger partial charge in [-0.25, -0.2) is 0 Å². The molecule has 4 heteroatoms. The highest BCUT2D eigenvalue weighted by Gasteiger charge is 2.27. The molecule has 1 aliphatic carbocycles. The number of ether oxygens (including phenoxy) is 2. The van der Waals surface area contributed by atoms with Gasteiger partial charge in [0.05, 0.1) is 13.2 Å². The van der Waals surface area contributed by atoms with Crippen LogP contribution < -0.4 is 11.3 Å². The van der Waals surface area contributed by atoms with Crippen LogP contribution in [0.1, 0.15) is 29.9 Å². The standard InChI is InChI=1S/C15H24N2O2/c1-18-8-9-19-7-6-14(17-16)11-13-10-12-4-2-3-5-15(12)13/h2-5,13-14,17H,6-11,16H2,1H3. The van der Waals surface area contributed by atoms with E-state index in [1.807, 2.05) is 0 Å². The lowest BCUT2D eigenvalue weighted by atomic mass is 9.74. The minimum Gasteiger partial charge on any atom is -0.382 e. The Balaban J connectivity index is 1.69. The summed E-state index contributed by atoms with van der Waals surface area (Å²) in [5.41, 5.74) is 5.89. The molecule has 0 saturated heterocycles. The van der Waals surface area contributed by atoms with Crippen molar-refractivity contribution >= 4 is 0 Å². The molecular formula is C15H24N2O2. The van der Waals surface area contributed by atoms with Gasteiger partial charge in [-0.1, -0.05) is 24.3 Å². The Morgan fingerprint density at radius 3 is 2.89 bits per heavy atom. The first-order chi connectivity index (χ1) is 9.35. The van der Waals surface area contributed by atoms with Crippen molar-refractivity contribution in [3.63, 3.8) is 0 Å². The van der Waals surface area contributed by atoms with E-state index >= 15 is 0 Å². The first kappa shape index (κ1) is 14.5. The third kappa shape index (κ3) is 4.01. The number of fused-ring (bicyclic) bond motifs is 1. The summed E-state index contributed by atoms with van der Waals surface area (Å²) in [5, 5.41) is 0. The average Bonchev–Trinajstić information content (AvgIpc) is 2.42. The monoisotopic (exact) mass is 264 g/mol. The molecule has 0 bridgehead atoms. The number of benzene rings is 1. The highest BCUT2D eigenvalue weighted by molar-refractivity contribution is 5.39. The van der Waals surface area contributed by atoms with Crippen molar-refractivity contribution in [1.29, 1.82) is 0 Å². The van der Waals surface area contributed by atoms with Gasteiger partial charge in [-0.3, -0.25) is 11.3 Å². The maximum absolute atomic E-state index is 5.63. The van der Waals surface area contributed by atoms with Crippen molar-refractivity contribution < 1.29 is 9.47 Å². The van der Waals surface area contributed by atoms with Gasteiger partial charge >= 0.3 is 0 Å². The van der Waals surface area contributed by atoms with Gasteiger partial charge in [-0.2, -0.15) is 0 Å². The molecule has 2 atom stereocenters. The Morgan fingerprint density at radius 2 is 2.16 bits per heavy atom. The van der Waals surface area contributed by atoms with Crippen LogP contribution in [0.3, 0.4) is 0 Å². The van der Waals surface area contributed by atoms with E-state index < -0.39 is 0 Å². The predicted octanol–water partition coefficient (Wildman–Crippen LogP) is 1.60. The van der Waals surface area contributed by atoms with Gasteiger partial charge < -0.3 is 9.47 Å². The second kappa shape index (κ2) is 7.60. The van der Waals surface area contributed by atoms with Crippen molar-refractivity contribution in [2.24, 2.45) is 5.84 Å². The van der Waals surface area contributed by atoms with Crippen LogP contribution in [0.5, 0.6) is 0 Å². The summed E-state index contributed by atoms with van der Waals surface area (Å²) in [4.78, 5) is 0. The number of rotatable bonds is 9. The Hall–Kier alpha value is -0.940. The molecule has 1 aromatic carbocycles. The molecule has 0 heterocycles. The molecule has 4 nitrogen and oxygen atoms in total. The van der Waals surface area contributed by atoms with E-state index in [0.29, 0.717) is 25.2 Å². The van der Waals surface area contributed by atoms with Crippen LogP contribution in [-0.4, -0.2) is 33.0 Å². The molecular weight excluding hydrogens is 240 g/mol. The van der Waals surface area contributed by atoms with Crippen molar-refractivity contribution in [3.8, 4) is 0 Å². The third-order valence-electron chi connectivity index (χ3n) is 3.81. The molecule has 19 heavy (non-hydrogen) atoms. The lowest BCUT2D eigenvalue weighted by Gasteiger charge is -2.32. The highest BCUT2D eigenvalue weighted by Crippen LogP contribution is 2.38. The molecule has 3 N–H and O–H groups in total. The molecule has 2 rings (SSSR count). The largest absolute Gasteiger partial charge is 0.382 e. The van der Waals surface area contributed by atoms with Crippen molar-refractivity contribution in [2.75, 3.05) is 26.9 Å². The fourth-order valence-corrected chi connectivity index (χ4v) is 2.66. The minimum absolute atomic E-state index is 0.320. The zero-order valence-corrected chi connectivity index (χ0v) is 11.6. The molecule has 0 amide bonds. The van der Waals surface area contributed by atoms with E-state index in [4.69, 9.17) is 15.3 Å². The van der Waals surface area contributed by atoms with Crippen LogP contribution in [0.15, 0.2) is 24.3 Å². The van der Waals surface area contributed by atoms with E-state index in [1.54, 1.807) is 7.11 Å². The van der Waals surface area contributed by atoms with Crippen LogP contribution >= 0.6 is 0 Å². The molecule has 0 saturated carbocycles. The topological polar surface area (TPSA) is 56.5 Å². The quantitative estimate of drug-likeness (QED) is 0.404. The van der Waals surface area contributed by atoms with E-state index in [-0.39, 0.29) is 0 Å². The Kier molecular flexibility index (Phi) is 5.79. The van der Waals surface area contributed by atoms with Crippen molar-refractivity contribution in [3.05, 3.63) is 35.4 Å². The highest BCUT2D eigenvalue weighted by atomic mass is 16.5. The predicted molar refractivity (Wildman–Crippen MR) is 75.9 cm³/mol. The van der Waals surface area contributed by atoms with Crippen LogP contribution in [0.2, 0.25) is 0 Å². The summed E-state index contributed by atoms with van der Waals surface area (Å²) in [5.74, 6) is 6.28. The fourth-order valence-electron chi connectivity index (χ4n) is 2.66. The Bertz CT molecular complexity index is 384. The molecule has 0 spiro atoms. The smallest absolute Gasteiger partial charge is 0.0700 e. The van der Waals surface area contributed by atoms with Crippen molar-refractivity contribution in [1.82, 2.24) is 5.43 Å². The van der Waals surface area contributed by atoms with Crippen LogP contribution in [-0.2, 0) is 15.9 Å². The summed E-state index contributed by atoms with van der Waals surface area (Å²) in [6, 6.07) is 8.98. The first-order valence-corrected chi connectivity index (χ1v) is 6.95. The molecule has 0 aromatic heterocycles. The Labute approximate surface area is 115 Å². The van der Waals surface area contributed by atoms with Crippen LogP contribution in [0, 0.1) is 0 Å². The number of hydrogen-bond donors (Lipinski definition) is 2.